The number of nitrogens with zero attached hydrogens (tertiary/aromatic N) is 3. The van der Waals surface area contributed by atoms with Crippen LogP contribution in [0.3, 0.4) is 0 Å². The minimum absolute atomic E-state index is 0.151. The molecule has 0 radical (unpaired) electrons. The molecule has 0 unspecified atom stereocenters. The van der Waals surface area contributed by atoms with Crippen LogP contribution < -0.4 is 5.32 Å². The summed E-state index contributed by atoms with van der Waals surface area (Å²) in [5, 5.41) is 14.8. The van der Waals surface area contributed by atoms with Crippen molar-refractivity contribution >= 4 is 23.0 Å². The molecule has 1 aliphatic heterocycles. The zero-order valence-electron chi connectivity index (χ0n) is 16.9. The summed E-state index contributed by atoms with van der Waals surface area (Å²) >= 11 is 1.44. The molecule has 4 rings (SSSR count). The minimum atomic E-state index is -1.24. The number of nitrogens with one attached hydrogen (secondary N) is 1. The van der Waals surface area contributed by atoms with Crippen molar-refractivity contribution < 1.29 is 14.6 Å². The topological polar surface area (TPSA) is 89.4 Å². The fourth-order valence-electron chi connectivity index (χ4n) is 3.05. The van der Waals surface area contributed by atoms with E-state index in [4.69, 9.17) is 9.47 Å². The summed E-state index contributed by atoms with van der Waals surface area (Å²) in [7, 11) is 0. The van der Waals surface area contributed by atoms with Gasteiger partial charge in [-0.1, -0.05) is 6.07 Å². The lowest BCUT2D eigenvalue weighted by atomic mass is 10.1. The Kier molecular flexibility index (Phi) is 5.12. The SMILES string of the molecule is Cc1cc(Nc2nccc(C)n2)cc(-c2cnc(C3(O)COC(C)(C)OC3)s2)c1. The lowest BCUT2D eigenvalue weighted by Gasteiger charge is -2.39. The van der Waals surface area contributed by atoms with E-state index < -0.39 is 11.4 Å². The van der Waals surface area contributed by atoms with Crippen LogP contribution in [0.25, 0.3) is 10.4 Å². The average molecular weight is 413 g/mol. The van der Waals surface area contributed by atoms with Crippen molar-refractivity contribution in [3.05, 3.63) is 52.9 Å². The third kappa shape index (κ3) is 4.45. The molecular weight excluding hydrogens is 388 g/mol. The van der Waals surface area contributed by atoms with E-state index in [-0.39, 0.29) is 13.2 Å². The van der Waals surface area contributed by atoms with Crippen LogP contribution in [0, 0.1) is 13.8 Å². The van der Waals surface area contributed by atoms with Crippen LogP contribution in [0.1, 0.15) is 30.1 Å². The Morgan fingerprint density at radius 3 is 2.59 bits per heavy atom. The maximum absolute atomic E-state index is 10.9. The Morgan fingerprint density at radius 2 is 1.86 bits per heavy atom. The molecule has 7 nitrogen and oxygen atoms in total. The van der Waals surface area contributed by atoms with E-state index in [1.807, 2.05) is 45.9 Å². The summed E-state index contributed by atoms with van der Waals surface area (Å²) in [6, 6.07) is 8.00. The highest BCUT2D eigenvalue weighted by molar-refractivity contribution is 7.15. The fourth-order valence-corrected chi connectivity index (χ4v) is 4.01. The molecule has 1 aromatic carbocycles. The summed E-state index contributed by atoms with van der Waals surface area (Å²) in [5.74, 6) is -0.138. The van der Waals surface area contributed by atoms with Gasteiger partial charge in [0.2, 0.25) is 5.95 Å². The predicted octanol–water partition coefficient (Wildman–Crippen LogP) is 3.93. The molecule has 0 bridgehead atoms. The van der Waals surface area contributed by atoms with Crippen molar-refractivity contribution in [1.82, 2.24) is 15.0 Å². The molecule has 2 N–H and O–H groups in total. The Morgan fingerprint density at radius 1 is 1.10 bits per heavy atom. The monoisotopic (exact) mass is 412 g/mol. The van der Waals surface area contributed by atoms with Crippen LogP contribution in [-0.2, 0) is 15.1 Å². The number of aliphatic hydroxyl groups is 1. The maximum Gasteiger partial charge on any atom is 0.227 e. The first-order valence-electron chi connectivity index (χ1n) is 9.38. The number of anilines is 2. The van der Waals surface area contributed by atoms with Crippen molar-refractivity contribution in [2.75, 3.05) is 18.5 Å². The number of hydrogen-bond donors (Lipinski definition) is 2. The lowest BCUT2D eigenvalue weighted by molar-refractivity contribution is -0.304. The lowest BCUT2D eigenvalue weighted by Crippen LogP contribution is -2.49. The van der Waals surface area contributed by atoms with Gasteiger partial charge in [0.15, 0.2) is 11.4 Å². The Bertz CT molecular complexity index is 1020. The quantitative estimate of drug-likeness (QED) is 0.671. The maximum atomic E-state index is 10.9. The van der Waals surface area contributed by atoms with Crippen molar-refractivity contribution in [2.45, 2.75) is 39.1 Å². The smallest absolute Gasteiger partial charge is 0.227 e. The zero-order chi connectivity index (χ0) is 20.6. The Hall–Kier alpha value is -2.39. The van der Waals surface area contributed by atoms with Crippen molar-refractivity contribution in [3.63, 3.8) is 0 Å². The van der Waals surface area contributed by atoms with Crippen LogP contribution in [0.2, 0.25) is 0 Å². The zero-order valence-corrected chi connectivity index (χ0v) is 17.7. The molecule has 3 aromatic rings. The second kappa shape index (κ2) is 7.46. The highest BCUT2D eigenvalue weighted by Gasteiger charge is 2.42. The number of aromatic nitrogens is 3. The van der Waals surface area contributed by atoms with Gasteiger partial charge in [0.25, 0.3) is 0 Å². The number of aryl methyl sites for hydroxylation is 2. The van der Waals surface area contributed by atoms with Crippen LogP contribution in [0.15, 0.2) is 36.7 Å². The molecule has 29 heavy (non-hydrogen) atoms. The second-order valence-electron chi connectivity index (χ2n) is 7.77. The molecule has 3 heterocycles. The standard InChI is InChI=1S/C21H24N4O3S/c1-13-7-15(9-16(8-13)25-19-22-6-5-14(2)24-19)17-10-23-18(29-17)21(26)11-27-20(3,4)28-12-21/h5-10,26H,11-12H2,1-4H3,(H,22,24,25). The van der Waals surface area contributed by atoms with Gasteiger partial charge in [0.05, 0.1) is 18.1 Å². The molecule has 1 saturated heterocycles. The molecule has 0 aliphatic carbocycles. The largest absolute Gasteiger partial charge is 0.378 e. The molecule has 0 atom stereocenters. The van der Waals surface area contributed by atoms with Gasteiger partial charge < -0.3 is 19.9 Å². The highest BCUT2D eigenvalue weighted by Crippen LogP contribution is 2.37. The highest BCUT2D eigenvalue weighted by atomic mass is 32.1. The summed E-state index contributed by atoms with van der Waals surface area (Å²) in [5.41, 5.74) is 2.66. The van der Waals surface area contributed by atoms with Crippen molar-refractivity contribution in [3.8, 4) is 10.4 Å². The first kappa shape index (κ1) is 19.9. The molecule has 1 fully saturated rings. The van der Waals surface area contributed by atoms with E-state index in [2.05, 4.69) is 26.3 Å². The van der Waals surface area contributed by atoms with Gasteiger partial charge >= 0.3 is 0 Å². The number of thiazole rings is 1. The second-order valence-corrected chi connectivity index (χ2v) is 8.80. The van der Waals surface area contributed by atoms with E-state index in [0.29, 0.717) is 11.0 Å². The molecule has 0 saturated carbocycles. The molecule has 2 aromatic heterocycles. The average Bonchev–Trinajstić information content (AvgIpc) is 3.15. The van der Waals surface area contributed by atoms with Crippen molar-refractivity contribution in [2.24, 2.45) is 0 Å². The van der Waals surface area contributed by atoms with Crippen LogP contribution in [0.5, 0.6) is 0 Å². The van der Waals surface area contributed by atoms with E-state index in [1.165, 1.54) is 11.3 Å². The minimum Gasteiger partial charge on any atom is -0.378 e. The summed E-state index contributed by atoms with van der Waals surface area (Å²) in [4.78, 5) is 14.1. The van der Waals surface area contributed by atoms with Crippen LogP contribution in [0.4, 0.5) is 11.6 Å². The number of benzene rings is 1. The molecule has 0 amide bonds. The van der Waals surface area contributed by atoms with Gasteiger partial charge in [0.1, 0.15) is 5.01 Å². The molecule has 152 valence electrons. The molecule has 1 aliphatic rings. The Labute approximate surface area is 173 Å². The van der Waals surface area contributed by atoms with Crippen LogP contribution >= 0.6 is 11.3 Å². The third-order valence-corrected chi connectivity index (χ3v) is 5.87. The first-order valence-corrected chi connectivity index (χ1v) is 10.2. The first-order chi connectivity index (χ1) is 13.7. The predicted molar refractivity (Wildman–Crippen MR) is 112 cm³/mol. The normalized spacial score (nSPS) is 17.8. The molecule has 0 spiro atoms. The van der Waals surface area contributed by atoms with Gasteiger partial charge in [-0.2, -0.15) is 0 Å². The van der Waals surface area contributed by atoms with E-state index in [1.54, 1.807) is 12.4 Å². The van der Waals surface area contributed by atoms with Crippen molar-refractivity contribution in [1.29, 1.82) is 0 Å². The Balaban J connectivity index is 1.59. The van der Waals surface area contributed by atoms with Gasteiger partial charge in [-0.3, -0.25) is 0 Å². The third-order valence-electron chi connectivity index (χ3n) is 4.63. The number of ether oxygens (including phenoxy) is 2. The van der Waals surface area contributed by atoms with Gasteiger partial charge in [-0.25, -0.2) is 15.0 Å². The van der Waals surface area contributed by atoms with Crippen LogP contribution in [-0.4, -0.2) is 39.1 Å². The van der Waals surface area contributed by atoms with E-state index >= 15 is 0 Å². The van der Waals surface area contributed by atoms with Gasteiger partial charge in [0, 0.05) is 23.8 Å². The van der Waals surface area contributed by atoms with E-state index in [0.717, 1.165) is 27.4 Å². The van der Waals surface area contributed by atoms with E-state index in [9.17, 15) is 5.11 Å². The van der Waals surface area contributed by atoms with Gasteiger partial charge in [-0.05, 0) is 57.0 Å². The summed E-state index contributed by atoms with van der Waals surface area (Å²) in [6.07, 6.45) is 3.51. The fraction of sp³-hybridized carbons (Fsp3) is 0.381. The number of hydrogen-bond acceptors (Lipinski definition) is 8. The summed E-state index contributed by atoms with van der Waals surface area (Å²) < 4.78 is 11.3. The molecular formula is C21H24N4O3S. The van der Waals surface area contributed by atoms with Gasteiger partial charge in [-0.15, -0.1) is 11.3 Å². The molecule has 8 heteroatoms. The number of rotatable bonds is 4. The summed E-state index contributed by atoms with van der Waals surface area (Å²) in [6.45, 7) is 7.93.